The summed E-state index contributed by atoms with van der Waals surface area (Å²) in [5.41, 5.74) is 2.41. The number of carbonyl (C=O) groups excluding carboxylic acids is 2. The monoisotopic (exact) mass is 456 g/mol. The maximum atomic E-state index is 13.2. The summed E-state index contributed by atoms with van der Waals surface area (Å²) in [5.74, 6) is 0.557. The number of nitrogens with zero attached hydrogens (tertiary/aromatic N) is 1. The number of benzene rings is 2. The lowest BCUT2D eigenvalue weighted by Gasteiger charge is -2.35. The molecule has 1 N–H and O–H groups in total. The van der Waals surface area contributed by atoms with Gasteiger partial charge in [0.05, 0.1) is 0 Å². The SMILES string of the molecule is C.CC(CC(=O)N[C@@H](C(=O)N1CCC(c2ccc(Cl)cc2)CC1)C(C)C)c1ccccc1. The molecular formula is C27H37ClN2O2. The molecule has 2 aromatic carbocycles. The molecule has 1 heterocycles. The molecule has 174 valence electrons. The van der Waals surface area contributed by atoms with Crippen LogP contribution in [-0.2, 0) is 9.59 Å². The third-order valence-corrected chi connectivity index (χ3v) is 6.51. The van der Waals surface area contributed by atoms with Gasteiger partial charge in [-0.25, -0.2) is 0 Å². The molecule has 1 aliphatic heterocycles. The smallest absolute Gasteiger partial charge is 0.245 e. The van der Waals surface area contributed by atoms with Gasteiger partial charge in [0.15, 0.2) is 0 Å². The summed E-state index contributed by atoms with van der Waals surface area (Å²) in [4.78, 5) is 27.8. The van der Waals surface area contributed by atoms with Crippen molar-refractivity contribution in [1.29, 1.82) is 0 Å². The minimum Gasteiger partial charge on any atom is -0.344 e. The predicted octanol–water partition coefficient (Wildman–Crippen LogP) is 6.02. The van der Waals surface area contributed by atoms with Crippen molar-refractivity contribution >= 4 is 23.4 Å². The van der Waals surface area contributed by atoms with Crippen LogP contribution in [0.15, 0.2) is 54.6 Å². The van der Waals surface area contributed by atoms with Crippen LogP contribution in [0.4, 0.5) is 0 Å². The van der Waals surface area contributed by atoms with Crippen molar-refractivity contribution in [1.82, 2.24) is 10.2 Å². The normalized spacial score (nSPS) is 16.2. The number of rotatable bonds is 7. The number of carbonyl (C=O) groups is 2. The number of hydrogen-bond acceptors (Lipinski definition) is 2. The maximum absolute atomic E-state index is 13.2. The van der Waals surface area contributed by atoms with E-state index in [9.17, 15) is 9.59 Å². The second kappa shape index (κ2) is 12.1. The highest BCUT2D eigenvalue weighted by Gasteiger charge is 2.31. The van der Waals surface area contributed by atoms with Crippen molar-refractivity contribution < 1.29 is 9.59 Å². The van der Waals surface area contributed by atoms with Crippen molar-refractivity contribution in [2.24, 2.45) is 5.92 Å². The van der Waals surface area contributed by atoms with Gasteiger partial charge >= 0.3 is 0 Å². The summed E-state index contributed by atoms with van der Waals surface area (Å²) in [6.45, 7) is 7.45. The van der Waals surface area contributed by atoms with Gasteiger partial charge < -0.3 is 10.2 Å². The Hall–Kier alpha value is -2.33. The van der Waals surface area contributed by atoms with Gasteiger partial charge in [-0.3, -0.25) is 9.59 Å². The fourth-order valence-electron chi connectivity index (χ4n) is 4.29. The van der Waals surface area contributed by atoms with Crippen LogP contribution in [0.2, 0.25) is 5.02 Å². The van der Waals surface area contributed by atoms with Crippen LogP contribution in [0.3, 0.4) is 0 Å². The van der Waals surface area contributed by atoms with Gasteiger partial charge in [0.1, 0.15) is 6.04 Å². The Morgan fingerprint density at radius 2 is 1.59 bits per heavy atom. The lowest BCUT2D eigenvalue weighted by Crippen LogP contribution is -2.53. The molecule has 1 aliphatic rings. The average Bonchev–Trinajstić information content (AvgIpc) is 2.78. The summed E-state index contributed by atoms with van der Waals surface area (Å²) in [6.07, 6.45) is 2.23. The Morgan fingerprint density at radius 1 is 1.00 bits per heavy atom. The van der Waals surface area contributed by atoms with E-state index in [0.717, 1.165) is 23.4 Å². The van der Waals surface area contributed by atoms with Gasteiger partial charge in [0.25, 0.3) is 0 Å². The zero-order valence-electron chi connectivity index (χ0n) is 18.7. The molecule has 32 heavy (non-hydrogen) atoms. The van der Waals surface area contributed by atoms with Crippen LogP contribution in [0, 0.1) is 5.92 Å². The summed E-state index contributed by atoms with van der Waals surface area (Å²) in [5, 5.41) is 3.76. The largest absolute Gasteiger partial charge is 0.344 e. The maximum Gasteiger partial charge on any atom is 0.245 e. The highest BCUT2D eigenvalue weighted by atomic mass is 35.5. The van der Waals surface area contributed by atoms with E-state index in [1.807, 2.05) is 68.1 Å². The molecule has 0 saturated carbocycles. The second-order valence-corrected chi connectivity index (χ2v) is 9.39. The molecule has 1 fully saturated rings. The summed E-state index contributed by atoms with van der Waals surface area (Å²) in [7, 11) is 0. The van der Waals surface area contributed by atoms with Crippen molar-refractivity contribution in [3.8, 4) is 0 Å². The van der Waals surface area contributed by atoms with Crippen LogP contribution in [-0.4, -0.2) is 35.8 Å². The lowest BCUT2D eigenvalue weighted by molar-refractivity contribution is -0.138. The first-order chi connectivity index (χ1) is 14.8. The van der Waals surface area contributed by atoms with Crippen LogP contribution in [0.5, 0.6) is 0 Å². The van der Waals surface area contributed by atoms with E-state index in [-0.39, 0.29) is 31.1 Å². The number of hydrogen-bond donors (Lipinski definition) is 1. The van der Waals surface area contributed by atoms with Gasteiger partial charge in [0.2, 0.25) is 11.8 Å². The molecule has 2 aromatic rings. The van der Waals surface area contributed by atoms with E-state index >= 15 is 0 Å². The van der Waals surface area contributed by atoms with E-state index < -0.39 is 6.04 Å². The summed E-state index contributed by atoms with van der Waals surface area (Å²) in [6, 6.07) is 17.5. The highest BCUT2D eigenvalue weighted by Crippen LogP contribution is 2.29. The zero-order chi connectivity index (χ0) is 22.4. The standard InChI is InChI=1S/C26H33ClN2O2.CH4/c1-18(2)25(28-24(30)17-19(3)20-7-5-4-6-8-20)26(31)29-15-13-22(14-16-29)21-9-11-23(27)12-10-21;/h4-12,18-19,22,25H,13-17H2,1-3H3,(H,28,30);1H4/t19?,25-;/m1./s1. The lowest BCUT2D eigenvalue weighted by atomic mass is 9.89. The van der Waals surface area contributed by atoms with E-state index in [4.69, 9.17) is 11.6 Å². The quantitative estimate of drug-likeness (QED) is 0.554. The molecule has 3 rings (SSSR count). The number of amides is 2. The second-order valence-electron chi connectivity index (χ2n) is 8.96. The fourth-order valence-corrected chi connectivity index (χ4v) is 4.41. The fraction of sp³-hybridized carbons (Fsp3) is 0.481. The van der Waals surface area contributed by atoms with Gasteiger partial charge in [-0.05, 0) is 53.9 Å². The molecule has 0 bridgehead atoms. The van der Waals surface area contributed by atoms with Crippen LogP contribution < -0.4 is 5.32 Å². The Morgan fingerprint density at radius 3 is 2.16 bits per heavy atom. The predicted molar refractivity (Wildman–Crippen MR) is 133 cm³/mol. The molecule has 0 aliphatic carbocycles. The minimum absolute atomic E-state index is 0. The average molecular weight is 457 g/mol. The topological polar surface area (TPSA) is 49.4 Å². The molecule has 4 nitrogen and oxygen atoms in total. The van der Waals surface area contributed by atoms with Gasteiger partial charge in [-0.15, -0.1) is 0 Å². The first-order valence-electron chi connectivity index (χ1n) is 11.2. The molecule has 1 unspecified atom stereocenters. The van der Waals surface area contributed by atoms with Crippen molar-refractivity contribution in [2.75, 3.05) is 13.1 Å². The van der Waals surface area contributed by atoms with Crippen LogP contribution in [0.1, 0.15) is 70.4 Å². The van der Waals surface area contributed by atoms with E-state index in [1.54, 1.807) is 0 Å². The molecular weight excluding hydrogens is 420 g/mol. The first-order valence-corrected chi connectivity index (χ1v) is 11.6. The first kappa shape index (κ1) is 25.9. The zero-order valence-corrected chi connectivity index (χ0v) is 19.4. The Kier molecular flexibility index (Phi) is 9.77. The summed E-state index contributed by atoms with van der Waals surface area (Å²) < 4.78 is 0. The highest BCUT2D eigenvalue weighted by molar-refractivity contribution is 6.30. The molecule has 1 saturated heterocycles. The Labute approximate surface area is 198 Å². The van der Waals surface area contributed by atoms with Gasteiger partial charge in [0, 0.05) is 24.5 Å². The third kappa shape index (κ3) is 6.83. The van der Waals surface area contributed by atoms with Crippen molar-refractivity contribution in [3.05, 3.63) is 70.7 Å². The van der Waals surface area contributed by atoms with Crippen LogP contribution in [0.25, 0.3) is 0 Å². The van der Waals surface area contributed by atoms with Gasteiger partial charge in [-0.1, -0.05) is 82.3 Å². The molecule has 0 spiro atoms. The molecule has 0 radical (unpaired) electrons. The van der Waals surface area contributed by atoms with Crippen molar-refractivity contribution in [3.63, 3.8) is 0 Å². The number of halogens is 1. The molecule has 0 aromatic heterocycles. The number of nitrogens with one attached hydrogen (secondary N) is 1. The van der Waals surface area contributed by atoms with Gasteiger partial charge in [-0.2, -0.15) is 0 Å². The Balaban J connectivity index is 0.00000363. The van der Waals surface area contributed by atoms with E-state index in [1.165, 1.54) is 5.56 Å². The Bertz CT molecular complexity index is 859. The number of piperidine rings is 1. The van der Waals surface area contributed by atoms with Crippen molar-refractivity contribution in [2.45, 2.75) is 65.3 Å². The minimum atomic E-state index is -0.484. The summed E-state index contributed by atoms with van der Waals surface area (Å²) >= 11 is 6.00. The molecule has 5 heteroatoms. The number of likely N-dealkylation sites (tertiary alicyclic amines) is 1. The van der Waals surface area contributed by atoms with Crippen LogP contribution >= 0.6 is 11.6 Å². The molecule has 2 atom stereocenters. The van der Waals surface area contributed by atoms with E-state index in [0.29, 0.717) is 25.4 Å². The van der Waals surface area contributed by atoms with E-state index in [2.05, 4.69) is 17.4 Å². The third-order valence-electron chi connectivity index (χ3n) is 6.26. The molecule has 2 amide bonds.